The molecule has 1 aliphatic rings. The maximum Gasteiger partial charge on any atom is 0.123 e. The van der Waals surface area contributed by atoms with E-state index in [9.17, 15) is 0 Å². The number of rotatable bonds is 12. The van der Waals surface area contributed by atoms with Crippen LogP contribution < -0.4 is 4.74 Å². The highest BCUT2D eigenvalue weighted by Gasteiger charge is 2.18. The molecule has 5 nitrogen and oxygen atoms in total. The fourth-order valence-corrected chi connectivity index (χ4v) is 3.91. The first-order valence-electron chi connectivity index (χ1n) is 10.8. The first-order chi connectivity index (χ1) is 13.7. The molecule has 0 spiro atoms. The van der Waals surface area contributed by atoms with Crippen LogP contribution in [0.3, 0.4) is 0 Å². The van der Waals surface area contributed by atoms with Crippen LogP contribution in [-0.4, -0.2) is 58.7 Å². The van der Waals surface area contributed by atoms with Gasteiger partial charge in [0.25, 0.3) is 0 Å². The summed E-state index contributed by atoms with van der Waals surface area (Å²) in [5.41, 5.74) is 1.29. The molecular weight excluding hydrogens is 348 g/mol. The molecule has 0 radical (unpaired) electrons. The minimum absolute atomic E-state index is 0.687. The number of aromatic nitrogens is 2. The number of hydrogen-bond donors (Lipinski definition) is 0. The van der Waals surface area contributed by atoms with Gasteiger partial charge < -0.3 is 19.1 Å². The molecule has 1 unspecified atom stereocenters. The molecule has 1 aromatic heterocycles. The summed E-state index contributed by atoms with van der Waals surface area (Å²) in [6.07, 6.45) is 11.8. The Morgan fingerprint density at radius 3 is 2.79 bits per heavy atom. The van der Waals surface area contributed by atoms with Gasteiger partial charge in [-0.2, -0.15) is 0 Å². The van der Waals surface area contributed by atoms with Crippen molar-refractivity contribution in [2.75, 3.05) is 33.3 Å². The lowest BCUT2D eigenvalue weighted by Crippen LogP contribution is -2.33. The minimum Gasteiger partial charge on any atom is -0.493 e. The van der Waals surface area contributed by atoms with Crippen LogP contribution in [0.5, 0.6) is 5.75 Å². The van der Waals surface area contributed by atoms with Crippen molar-refractivity contribution in [1.82, 2.24) is 19.4 Å². The Balaban J connectivity index is 1.38. The van der Waals surface area contributed by atoms with Crippen molar-refractivity contribution in [1.29, 1.82) is 0 Å². The number of nitrogens with zero attached hydrogens (tertiary/aromatic N) is 4. The second-order valence-electron chi connectivity index (χ2n) is 8.08. The molecule has 5 heteroatoms. The second kappa shape index (κ2) is 11.2. The van der Waals surface area contributed by atoms with Gasteiger partial charge in [-0.05, 0) is 71.8 Å². The largest absolute Gasteiger partial charge is 0.493 e. The normalized spacial score (nSPS) is 16.0. The molecule has 0 N–H and O–H groups in total. The highest BCUT2D eigenvalue weighted by Crippen LogP contribution is 2.20. The van der Waals surface area contributed by atoms with Crippen LogP contribution in [0.15, 0.2) is 43.0 Å². The summed E-state index contributed by atoms with van der Waals surface area (Å²) in [7, 11) is 2.22. The van der Waals surface area contributed by atoms with E-state index < -0.39 is 0 Å². The van der Waals surface area contributed by atoms with E-state index in [1.807, 2.05) is 18.7 Å². The minimum atomic E-state index is 0.687. The summed E-state index contributed by atoms with van der Waals surface area (Å²) in [5.74, 6) is 1.03. The van der Waals surface area contributed by atoms with Crippen molar-refractivity contribution in [2.45, 2.75) is 58.2 Å². The van der Waals surface area contributed by atoms with Crippen LogP contribution >= 0.6 is 0 Å². The molecule has 1 atom stereocenters. The Kier molecular flexibility index (Phi) is 8.37. The molecule has 2 heterocycles. The smallest absolute Gasteiger partial charge is 0.123 e. The molecule has 1 aliphatic heterocycles. The molecule has 0 amide bonds. The van der Waals surface area contributed by atoms with Crippen molar-refractivity contribution in [3.8, 4) is 5.75 Å². The van der Waals surface area contributed by atoms with Gasteiger partial charge in [-0.15, -0.1) is 0 Å². The summed E-state index contributed by atoms with van der Waals surface area (Å²) in [6, 6.07) is 9.17. The SMILES string of the molecule is CC(CCN(C)Cc1ccccc1OCCCCn1ccnc1)N1CCCC1. The molecular formula is C23H36N4O. The monoisotopic (exact) mass is 384 g/mol. The molecule has 0 saturated carbocycles. The van der Waals surface area contributed by atoms with Crippen LogP contribution in [-0.2, 0) is 13.1 Å². The third-order valence-electron chi connectivity index (χ3n) is 5.73. The Labute approximate surface area is 170 Å². The number of imidazole rings is 1. The summed E-state index contributed by atoms with van der Waals surface area (Å²) in [5, 5.41) is 0. The van der Waals surface area contributed by atoms with Gasteiger partial charge >= 0.3 is 0 Å². The Morgan fingerprint density at radius 2 is 2.00 bits per heavy atom. The zero-order valence-corrected chi connectivity index (χ0v) is 17.6. The summed E-state index contributed by atoms with van der Waals surface area (Å²) in [6.45, 7) is 8.77. The Bertz CT molecular complexity index is 667. The van der Waals surface area contributed by atoms with Crippen LogP contribution in [0.25, 0.3) is 0 Å². The first kappa shape index (κ1) is 20.9. The molecule has 1 saturated heterocycles. The molecule has 1 aromatic carbocycles. The number of para-hydroxylation sites is 1. The van der Waals surface area contributed by atoms with E-state index in [1.165, 1.54) is 37.9 Å². The van der Waals surface area contributed by atoms with Gasteiger partial charge in [0.05, 0.1) is 12.9 Å². The fraction of sp³-hybridized carbons (Fsp3) is 0.609. The molecule has 0 bridgehead atoms. The predicted octanol–water partition coefficient (Wildman–Crippen LogP) is 4.05. The van der Waals surface area contributed by atoms with Crippen LogP contribution in [0, 0.1) is 0 Å². The number of unbranched alkanes of at least 4 members (excludes halogenated alkanes) is 1. The van der Waals surface area contributed by atoms with Crippen molar-refractivity contribution >= 4 is 0 Å². The van der Waals surface area contributed by atoms with Crippen molar-refractivity contribution in [3.05, 3.63) is 48.5 Å². The van der Waals surface area contributed by atoms with Gasteiger partial charge in [0.15, 0.2) is 0 Å². The molecule has 3 rings (SSSR count). The Morgan fingerprint density at radius 1 is 1.18 bits per heavy atom. The topological polar surface area (TPSA) is 33.5 Å². The van der Waals surface area contributed by atoms with Gasteiger partial charge in [0.2, 0.25) is 0 Å². The summed E-state index contributed by atoms with van der Waals surface area (Å²) >= 11 is 0. The van der Waals surface area contributed by atoms with E-state index in [0.717, 1.165) is 44.8 Å². The quantitative estimate of drug-likeness (QED) is 0.517. The molecule has 28 heavy (non-hydrogen) atoms. The lowest BCUT2D eigenvalue weighted by molar-refractivity contribution is 0.213. The zero-order valence-electron chi connectivity index (χ0n) is 17.6. The lowest BCUT2D eigenvalue weighted by atomic mass is 10.1. The number of ether oxygens (including phenoxy) is 1. The van der Waals surface area contributed by atoms with Gasteiger partial charge in [-0.25, -0.2) is 4.98 Å². The van der Waals surface area contributed by atoms with E-state index in [1.54, 1.807) is 0 Å². The van der Waals surface area contributed by atoms with Gasteiger partial charge in [0.1, 0.15) is 5.75 Å². The molecule has 1 fully saturated rings. The number of hydrogen-bond acceptors (Lipinski definition) is 4. The average Bonchev–Trinajstić information content (AvgIpc) is 3.41. The van der Waals surface area contributed by atoms with Crippen molar-refractivity contribution in [3.63, 3.8) is 0 Å². The maximum absolute atomic E-state index is 6.10. The van der Waals surface area contributed by atoms with Crippen LogP contribution in [0.2, 0.25) is 0 Å². The van der Waals surface area contributed by atoms with Gasteiger partial charge in [-0.3, -0.25) is 0 Å². The maximum atomic E-state index is 6.10. The van der Waals surface area contributed by atoms with Crippen LogP contribution in [0.1, 0.15) is 44.6 Å². The van der Waals surface area contributed by atoms with Crippen LogP contribution in [0.4, 0.5) is 0 Å². The fourth-order valence-electron chi connectivity index (χ4n) is 3.91. The lowest BCUT2D eigenvalue weighted by Gasteiger charge is -2.26. The summed E-state index contributed by atoms with van der Waals surface area (Å²) < 4.78 is 8.22. The summed E-state index contributed by atoms with van der Waals surface area (Å²) in [4.78, 5) is 9.14. The Hall–Kier alpha value is -1.85. The second-order valence-corrected chi connectivity index (χ2v) is 8.08. The number of likely N-dealkylation sites (tertiary alicyclic amines) is 1. The highest BCUT2D eigenvalue weighted by atomic mass is 16.5. The highest BCUT2D eigenvalue weighted by molar-refractivity contribution is 5.33. The van der Waals surface area contributed by atoms with E-state index in [-0.39, 0.29) is 0 Å². The number of aryl methyl sites for hydroxylation is 1. The third-order valence-corrected chi connectivity index (χ3v) is 5.73. The molecule has 0 aliphatic carbocycles. The van der Waals surface area contributed by atoms with E-state index in [2.05, 4.69) is 57.6 Å². The van der Waals surface area contributed by atoms with E-state index in [0.29, 0.717) is 6.04 Å². The zero-order chi connectivity index (χ0) is 19.6. The van der Waals surface area contributed by atoms with Gasteiger partial charge in [-0.1, -0.05) is 18.2 Å². The first-order valence-corrected chi connectivity index (χ1v) is 10.8. The van der Waals surface area contributed by atoms with Gasteiger partial charge in [0, 0.05) is 37.1 Å². The van der Waals surface area contributed by atoms with Crippen molar-refractivity contribution < 1.29 is 4.74 Å². The number of benzene rings is 1. The standard InChI is InChI=1S/C23H36N4O/c1-21(27-14-5-6-15-27)11-16-25(2)19-22-9-3-4-10-23(22)28-18-8-7-13-26-17-12-24-20-26/h3-4,9-10,12,17,20-21H,5-8,11,13-16,18-19H2,1-2H3. The average molecular weight is 385 g/mol. The molecule has 2 aromatic rings. The van der Waals surface area contributed by atoms with E-state index in [4.69, 9.17) is 4.74 Å². The predicted molar refractivity (Wildman–Crippen MR) is 115 cm³/mol. The third kappa shape index (κ3) is 6.64. The van der Waals surface area contributed by atoms with E-state index >= 15 is 0 Å². The van der Waals surface area contributed by atoms with Crippen molar-refractivity contribution in [2.24, 2.45) is 0 Å². The molecule has 154 valence electrons.